The number of piperazine rings is 1. The largest absolute Gasteiger partial charge is 0.444 e. The van der Waals surface area contributed by atoms with Crippen molar-refractivity contribution in [1.82, 2.24) is 14.8 Å². The van der Waals surface area contributed by atoms with E-state index in [2.05, 4.69) is 4.98 Å². The number of aromatic nitrogens is 1. The maximum atomic E-state index is 12.9. The number of carbonyl (C=O) groups excluding carboxylic acids is 3. The van der Waals surface area contributed by atoms with E-state index in [4.69, 9.17) is 4.74 Å². The summed E-state index contributed by atoms with van der Waals surface area (Å²) in [5.41, 5.74) is 2.32. The Bertz CT molecular complexity index is 737. The summed E-state index contributed by atoms with van der Waals surface area (Å²) in [6.45, 7) is 9.14. The zero-order valence-corrected chi connectivity index (χ0v) is 16.0. The molecule has 2 amide bonds. The van der Waals surface area contributed by atoms with Crippen molar-refractivity contribution < 1.29 is 19.1 Å². The molecule has 1 fully saturated rings. The van der Waals surface area contributed by atoms with Crippen LogP contribution in [0.1, 0.15) is 65.7 Å². The van der Waals surface area contributed by atoms with Gasteiger partial charge in [-0.25, -0.2) is 4.79 Å². The highest BCUT2D eigenvalue weighted by Gasteiger charge is 2.31. The Morgan fingerprint density at radius 3 is 2.23 bits per heavy atom. The molecule has 1 aliphatic carbocycles. The second-order valence-corrected chi connectivity index (χ2v) is 8.01. The number of ether oxygens (including phenoxy) is 1. The molecule has 2 aliphatic rings. The Morgan fingerprint density at radius 2 is 1.65 bits per heavy atom. The van der Waals surface area contributed by atoms with Crippen molar-refractivity contribution in [2.45, 2.75) is 52.6 Å². The lowest BCUT2D eigenvalue weighted by atomic mass is 9.93. The summed E-state index contributed by atoms with van der Waals surface area (Å²) in [6, 6.07) is 0. The number of hydrogen-bond acceptors (Lipinski definition) is 4. The SMILES string of the molecule is Cc1c(C(=O)N2CCN(C(=O)OC(C)(C)C)CC2)[nH]c2c1C(=O)CCC2. The van der Waals surface area contributed by atoms with Crippen LogP contribution in [0, 0.1) is 6.92 Å². The smallest absolute Gasteiger partial charge is 0.410 e. The number of aryl methyl sites for hydroxylation is 1. The van der Waals surface area contributed by atoms with E-state index in [9.17, 15) is 14.4 Å². The van der Waals surface area contributed by atoms with Crippen molar-refractivity contribution >= 4 is 17.8 Å². The van der Waals surface area contributed by atoms with Crippen LogP contribution < -0.4 is 0 Å². The Morgan fingerprint density at radius 1 is 1.04 bits per heavy atom. The predicted octanol–water partition coefficient (Wildman–Crippen LogP) is 2.54. The predicted molar refractivity (Wildman–Crippen MR) is 96.5 cm³/mol. The van der Waals surface area contributed by atoms with Crippen LogP contribution in [0.4, 0.5) is 4.79 Å². The number of nitrogens with zero attached hydrogens (tertiary/aromatic N) is 2. The molecule has 26 heavy (non-hydrogen) atoms. The van der Waals surface area contributed by atoms with Gasteiger partial charge in [0.15, 0.2) is 5.78 Å². The van der Waals surface area contributed by atoms with E-state index in [1.165, 1.54) is 0 Å². The number of amides is 2. The van der Waals surface area contributed by atoms with Crippen molar-refractivity contribution in [2.24, 2.45) is 0 Å². The summed E-state index contributed by atoms with van der Waals surface area (Å²) < 4.78 is 5.38. The zero-order valence-electron chi connectivity index (χ0n) is 16.0. The van der Waals surface area contributed by atoms with Crippen LogP contribution in [0.5, 0.6) is 0 Å². The molecule has 7 heteroatoms. The summed E-state index contributed by atoms with van der Waals surface area (Å²) in [5.74, 6) is 0.0160. The second-order valence-electron chi connectivity index (χ2n) is 8.01. The van der Waals surface area contributed by atoms with Crippen LogP contribution >= 0.6 is 0 Å². The van der Waals surface area contributed by atoms with Crippen molar-refractivity contribution in [2.75, 3.05) is 26.2 Å². The van der Waals surface area contributed by atoms with Gasteiger partial charge in [0, 0.05) is 43.9 Å². The maximum absolute atomic E-state index is 12.9. The third kappa shape index (κ3) is 3.61. The third-order valence-electron chi connectivity index (χ3n) is 4.87. The highest BCUT2D eigenvalue weighted by molar-refractivity contribution is 6.04. The molecule has 142 valence electrons. The number of aromatic amines is 1. The van der Waals surface area contributed by atoms with E-state index in [-0.39, 0.29) is 17.8 Å². The standard InChI is InChI=1S/C19H27N3O4/c1-12-15-13(6-5-7-14(15)23)20-16(12)17(24)21-8-10-22(11-9-21)18(25)26-19(2,3)4/h20H,5-11H2,1-4H3. The minimum Gasteiger partial charge on any atom is -0.444 e. The number of H-pyrrole nitrogens is 1. The fraction of sp³-hybridized carbons (Fsp3) is 0.632. The van der Waals surface area contributed by atoms with Gasteiger partial charge >= 0.3 is 6.09 Å². The number of hydrogen-bond donors (Lipinski definition) is 1. The van der Waals surface area contributed by atoms with Gasteiger partial charge in [-0.05, 0) is 46.1 Å². The van der Waals surface area contributed by atoms with E-state index in [1.54, 1.807) is 9.80 Å². The molecule has 0 aromatic carbocycles. The van der Waals surface area contributed by atoms with Crippen LogP contribution in [0.15, 0.2) is 0 Å². The lowest BCUT2D eigenvalue weighted by Crippen LogP contribution is -2.51. The molecule has 0 saturated carbocycles. The molecule has 1 aromatic rings. The van der Waals surface area contributed by atoms with Gasteiger partial charge < -0.3 is 19.5 Å². The monoisotopic (exact) mass is 361 g/mol. The molecule has 0 atom stereocenters. The minimum atomic E-state index is -0.531. The van der Waals surface area contributed by atoms with Gasteiger partial charge in [-0.2, -0.15) is 0 Å². The van der Waals surface area contributed by atoms with Crippen LogP contribution in [0.25, 0.3) is 0 Å². The van der Waals surface area contributed by atoms with E-state index in [1.807, 2.05) is 27.7 Å². The van der Waals surface area contributed by atoms with E-state index in [0.29, 0.717) is 43.9 Å². The van der Waals surface area contributed by atoms with Crippen LogP contribution in [0.3, 0.4) is 0 Å². The molecular weight excluding hydrogens is 334 g/mol. The Balaban J connectivity index is 1.66. The first kappa shape index (κ1) is 18.5. The molecule has 0 spiro atoms. The van der Waals surface area contributed by atoms with Gasteiger partial charge in [0.25, 0.3) is 5.91 Å². The fourth-order valence-corrected chi connectivity index (χ4v) is 3.56. The van der Waals surface area contributed by atoms with E-state index < -0.39 is 5.60 Å². The van der Waals surface area contributed by atoms with Gasteiger partial charge in [-0.15, -0.1) is 0 Å². The Kier molecular flexibility index (Phi) is 4.82. The quantitative estimate of drug-likeness (QED) is 0.833. The first-order valence-electron chi connectivity index (χ1n) is 9.19. The van der Waals surface area contributed by atoms with Crippen LogP contribution in [-0.4, -0.2) is 64.3 Å². The van der Waals surface area contributed by atoms with Crippen molar-refractivity contribution in [1.29, 1.82) is 0 Å². The topological polar surface area (TPSA) is 82.7 Å². The lowest BCUT2D eigenvalue weighted by Gasteiger charge is -2.35. The molecule has 7 nitrogen and oxygen atoms in total. The average molecular weight is 361 g/mol. The molecule has 0 radical (unpaired) electrons. The summed E-state index contributed by atoms with van der Waals surface area (Å²) >= 11 is 0. The van der Waals surface area contributed by atoms with Gasteiger partial charge in [0.1, 0.15) is 11.3 Å². The Hall–Kier alpha value is -2.31. The number of fused-ring (bicyclic) bond motifs is 1. The molecule has 1 N–H and O–H groups in total. The average Bonchev–Trinajstić information content (AvgIpc) is 2.91. The van der Waals surface area contributed by atoms with Crippen LogP contribution in [-0.2, 0) is 11.2 Å². The van der Waals surface area contributed by atoms with Gasteiger partial charge in [0.2, 0.25) is 0 Å². The second kappa shape index (κ2) is 6.78. The number of Topliss-reactive ketones (excluding diaryl/α,β-unsaturated/α-hetero) is 1. The van der Waals surface area contributed by atoms with Crippen molar-refractivity contribution in [3.8, 4) is 0 Å². The zero-order chi connectivity index (χ0) is 19.1. The highest BCUT2D eigenvalue weighted by atomic mass is 16.6. The number of nitrogens with one attached hydrogen (secondary N) is 1. The maximum Gasteiger partial charge on any atom is 0.410 e. The highest BCUT2D eigenvalue weighted by Crippen LogP contribution is 2.27. The first-order valence-corrected chi connectivity index (χ1v) is 9.19. The normalized spacial score (nSPS) is 17.9. The summed E-state index contributed by atoms with van der Waals surface area (Å²) in [7, 11) is 0. The molecule has 0 bridgehead atoms. The molecule has 1 aliphatic heterocycles. The van der Waals surface area contributed by atoms with Crippen LogP contribution in [0.2, 0.25) is 0 Å². The van der Waals surface area contributed by atoms with Crippen molar-refractivity contribution in [3.05, 3.63) is 22.5 Å². The van der Waals surface area contributed by atoms with E-state index in [0.717, 1.165) is 24.1 Å². The minimum absolute atomic E-state index is 0.103. The number of ketones is 1. The van der Waals surface area contributed by atoms with Crippen molar-refractivity contribution in [3.63, 3.8) is 0 Å². The van der Waals surface area contributed by atoms with Gasteiger partial charge in [-0.1, -0.05) is 0 Å². The van der Waals surface area contributed by atoms with Gasteiger partial charge in [0.05, 0.1) is 0 Å². The third-order valence-corrected chi connectivity index (χ3v) is 4.87. The first-order chi connectivity index (χ1) is 12.2. The number of carbonyl (C=O) groups is 3. The molecule has 1 aromatic heterocycles. The molecule has 0 unspecified atom stereocenters. The molecule has 3 rings (SSSR count). The summed E-state index contributed by atoms with van der Waals surface area (Å²) in [6.07, 6.45) is 1.84. The molecule has 1 saturated heterocycles. The fourth-order valence-electron chi connectivity index (χ4n) is 3.56. The van der Waals surface area contributed by atoms with Gasteiger partial charge in [-0.3, -0.25) is 9.59 Å². The summed E-state index contributed by atoms with van der Waals surface area (Å²) in [4.78, 5) is 43.7. The lowest BCUT2D eigenvalue weighted by molar-refractivity contribution is 0.0140. The van der Waals surface area contributed by atoms with E-state index >= 15 is 0 Å². The summed E-state index contributed by atoms with van der Waals surface area (Å²) in [5, 5.41) is 0. The number of rotatable bonds is 1. The Labute approximate surface area is 153 Å². The molecule has 2 heterocycles. The molecular formula is C19H27N3O4.